The normalized spacial score (nSPS) is 26.4. The Hall–Kier alpha value is -2.06. The van der Waals surface area contributed by atoms with Gasteiger partial charge in [0.15, 0.2) is 0 Å². The molecule has 1 unspecified atom stereocenters. The third-order valence-corrected chi connectivity index (χ3v) is 5.21. The van der Waals surface area contributed by atoms with Crippen molar-refractivity contribution in [1.29, 1.82) is 5.26 Å². The molecule has 5 heteroatoms. The van der Waals surface area contributed by atoms with Crippen molar-refractivity contribution in [2.45, 2.75) is 63.6 Å². The van der Waals surface area contributed by atoms with Crippen molar-refractivity contribution in [2.75, 3.05) is 11.9 Å². The second-order valence-electron chi connectivity index (χ2n) is 6.93. The van der Waals surface area contributed by atoms with E-state index < -0.39 is 0 Å². The number of amides is 2. The molecule has 2 bridgehead atoms. The summed E-state index contributed by atoms with van der Waals surface area (Å²) in [6.45, 7) is 3.42. The van der Waals surface area contributed by atoms with Crippen LogP contribution in [-0.4, -0.2) is 35.6 Å². The lowest BCUT2D eigenvalue weighted by Gasteiger charge is -2.49. The molecule has 2 fully saturated rings. The Bertz CT molecular complexity index is 593. The van der Waals surface area contributed by atoms with E-state index in [9.17, 15) is 4.79 Å². The van der Waals surface area contributed by atoms with E-state index in [0.29, 0.717) is 17.6 Å². The second-order valence-corrected chi connectivity index (χ2v) is 6.93. The van der Waals surface area contributed by atoms with E-state index in [2.05, 4.69) is 28.5 Å². The van der Waals surface area contributed by atoms with E-state index in [0.717, 1.165) is 18.5 Å². The van der Waals surface area contributed by atoms with E-state index >= 15 is 0 Å². The molecule has 2 heterocycles. The number of piperidine rings is 2. The quantitative estimate of drug-likeness (QED) is 0.890. The number of fused-ring (bicyclic) bond motifs is 2. The first kappa shape index (κ1) is 16.8. The molecule has 1 aromatic carbocycles. The first-order valence-electron chi connectivity index (χ1n) is 9.03. The van der Waals surface area contributed by atoms with Crippen LogP contribution in [0.2, 0.25) is 0 Å². The number of carbonyl (C=O) groups is 1. The third kappa shape index (κ3) is 3.88. The van der Waals surface area contributed by atoms with Gasteiger partial charge in [0, 0.05) is 23.8 Å². The maximum atomic E-state index is 12.3. The Morgan fingerprint density at radius 3 is 2.50 bits per heavy atom. The van der Waals surface area contributed by atoms with Gasteiger partial charge in [0.2, 0.25) is 0 Å². The standard InChI is InChI=1S/C19H26N4O/c1-2-10-23-17-4-3-5-18(23)12-16(11-17)22-19(24)21-15-8-6-14(13-20)7-9-15/h6-9,16-18H,2-5,10-12H2,1H3,(H2,21,22,24)/t16?,17-,18+. The minimum Gasteiger partial charge on any atom is -0.335 e. The first-order valence-corrected chi connectivity index (χ1v) is 9.03. The molecule has 2 saturated heterocycles. The summed E-state index contributed by atoms with van der Waals surface area (Å²) in [5.41, 5.74) is 1.31. The highest BCUT2D eigenvalue weighted by Crippen LogP contribution is 2.34. The van der Waals surface area contributed by atoms with Crippen molar-refractivity contribution < 1.29 is 4.79 Å². The van der Waals surface area contributed by atoms with Gasteiger partial charge < -0.3 is 10.6 Å². The lowest BCUT2D eigenvalue weighted by Crippen LogP contribution is -2.57. The van der Waals surface area contributed by atoms with Gasteiger partial charge in [-0.3, -0.25) is 4.90 Å². The molecular formula is C19H26N4O. The number of hydrogen-bond acceptors (Lipinski definition) is 3. The minimum atomic E-state index is -0.147. The molecule has 0 aromatic heterocycles. The Morgan fingerprint density at radius 2 is 1.92 bits per heavy atom. The molecule has 2 aliphatic heterocycles. The Morgan fingerprint density at radius 1 is 1.25 bits per heavy atom. The zero-order chi connectivity index (χ0) is 16.9. The molecule has 0 saturated carbocycles. The molecule has 3 atom stereocenters. The number of carbonyl (C=O) groups excluding carboxylic acids is 1. The molecule has 24 heavy (non-hydrogen) atoms. The molecule has 0 aliphatic carbocycles. The summed E-state index contributed by atoms with van der Waals surface area (Å²) in [6.07, 6.45) is 7.14. The number of anilines is 1. The molecule has 128 valence electrons. The summed E-state index contributed by atoms with van der Waals surface area (Å²) in [5.74, 6) is 0. The van der Waals surface area contributed by atoms with E-state index in [1.54, 1.807) is 24.3 Å². The highest BCUT2D eigenvalue weighted by molar-refractivity contribution is 5.89. The van der Waals surface area contributed by atoms with Crippen LogP contribution >= 0.6 is 0 Å². The van der Waals surface area contributed by atoms with Crippen molar-refractivity contribution in [3.63, 3.8) is 0 Å². The maximum absolute atomic E-state index is 12.3. The zero-order valence-corrected chi connectivity index (χ0v) is 14.3. The van der Waals surface area contributed by atoms with Crippen LogP contribution in [0.15, 0.2) is 24.3 Å². The topological polar surface area (TPSA) is 68.2 Å². The van der Waals surface area contributed by atoms with E-state index in [1.165, 1.54) is 32.2 Å². The minimum absolute atomic E-state index is 0.147. The van der Waals surface area contributed by atoms with E-state index in [4.69, 9.17) is 5.26 Å². The molecular weight excluding hydrogens is 300 g/mol. The molecule has 2 amide bonds. The van der Waals surface area contributed by atoms with Gasteiger partial charge in [-0.25, -0.2) is 4.79 Å². The molecule has 0 spiro atoms. The van der Waals surface area contributed by atoms with Crippen LogP contribution in [-0.2, 0) is 0 Å². The van der Waals surface area contributed by atoms with Crippen molar-refractivity contribution in [1.82, 2.24) is 10.2 Å². The van der Waals surface area contributed by atoms with Gasteiger partial charge in [-0.2, -0.15) is 5.26 Å². The van der Waals surface area contributed by atoms with Crippen LogP contribution < -0.4 is 10.6 Å². The molecule has 2 N–H and O–H groups in total. The van der Waals surface area contributed by atoms with E-state index in [1.807, 2.05) is 0 Å². The molecule has 5 nitrogen and oxygen atoms in total. The van der Waals surface area contributed by atoms with Crippen molar-refractivity contribution >= 4 is 11.7 Å². The average Bonchev–Trinajstić information content (AvgIpc) is 2.56. The fraction of sp³-hybridized carbons (Fsp3) is 0.579. The van der Waals surface area contributed by atoms with Crippen LogP contribution in [0.5, 0.6) is 0 Å². The predicted molar refractivity (Wildman–Crippen MR) is 94.8 cm³/mol. The SMILES string of the molecule is CCCN1[C@@H]2CCC[C@H]1CC(NC(=O)Nc1ccc(C#N)cc1)C2. The van der Waals surface area contributed by atoms with Gasteiger partial charge in [-0.05, 0) is 62.9 Å². The monoisotopic (exact) mass is 326 g/mol. The number of nitrogens with one attached hydrogen (secondary N) is 2. The van der Waals surface area contributed by atoms with E-state index in [-0.39, 0.29) is 12.1 Å². The number of nitrogens with zero attached hydrogens (tertiary/aromatic N) is 2. The summed E-state index contributed by atoms with van der Waals surface area (Å²) < 4.78 is 0. The Labute approximate surface area is 144 Å². The maximum Gasteiger partial charge on any atom is 0.319 e. The van der Waals surface area contributed by atoms with Crippen molar-refractivity contribution in [3.8, 4) is 6.07 Å². The molecule has 0 radical (unpaired) electrons. The number of rotatable bonds is 4. The van der Waals surface area contributed by atoms with Gasteiger partial charge in [0.1, 0.15) is 0 Å². The number of nitriles is 1. The fourth-order valence-corrected chi connectivity index (χ4v) is 4.20. The summed E-state index contributed by atoms with van der Waals surface area (Å²) in [7, 11) is 0. The average molecular weight is 326 g/mol. The molecule has 2 aliphatic rings. The lowest BCUT2D eigenvalue weighted by molar-refractivity contribution is 0.0272. The predicted octanol–water partition coefficient (Wildman–Crippen LogP) is 3.48. The van der Waals surface area contributed by atoms with Crippen molar-refractivity contribution in [3.05, 3.63) is 29.8 Å². The highest BCUT2D eigenvalue weighted by atomic mass is 16.2. The summed E-state index contributed by atoms with van der Waals surface area (Å²) in [4.78, 5) is 14.9. The largest absolute Gasteiger partial charge is 0.335 e. The fourth-order valence-electron chi connectivity index (χ4n) is 4.20. The number of urea groups is 1. The van der Waals surface area contributed by atoms with Gasteiger partial charge in [0.25, 0.3) is 0 Å². The Balaban J connectivity index is 1.54. The van der Waals surface area contributed by atoms with Gasteiger partial charge in [-0.15, -0.1) is 0 Å². The number of hydrogen-bond donors (Lipinski definition) is 2. The summed E-state index contributed by atoms with van der Waals surface area (Å²) in [6, 6.07) is 10.4. The van der Waals surface area contributed by atoms with Crippen LogP contribution in [0.4, 0.5) is 10.5 Å². The second kappa shape index (κ2) is 7.67. The van der Waals surface area contributed by atoms with Gasteiger partial charge in [0.05, 0.1) is 11.6 Å². The van der Waals surface area contributed by atoms with Crippen molar-refractivity contribution in [2.24, 2.45) is 0 Å². The smallest absolute Gasteiger partial charge is 0.319 e. The highest BCUT2D eigenvalue weighted by Gasteiger charge is 2.37. The van der Waals surface area contributed by atoms with Crippen LogP contribution in [0.1, 0.15) is 51.0 Å². The Kier molecular flexibility index (Phi) is 5.37. The van der Waals surface area contributed by atoms with Gasteiger partial charge in [-0.1, -0.05) is 13.3 Å². The van der Waals surface area contributed by atoms with Crippen LogP contribution in [0.3, 0.4) is 0 Å². The van der Waals surface area contributed by atoms with Gasteiger partial charge >= 0.3 is 6.03 Å². The molecule has 1 aromatic rings. The van der Waals surface area contributed by atoms with Crippen LogP contribution in [0, 0.1) is 11.3 Å². The first-order chi connectivity index (χ1) is 11.7. The molecule has 3 rings (SSSR count). The zero-order valence-electron chi connectivity index (χ0n) is 14.3. The summed E-state index contributed by atoms with van der Waals surface area (Å²) >= 11 is 0. The lowest BCUT2D eigenvalue weighted by atomic mass is 9.81. The van der Waals surface area contributed by atoms with Crippen LogP contribution in [0.25, 0.3) is 0 Å². The summed E-state index contributed by atoms with van der Waals surface area (Å²) in [5, 5.41) is 14.8. The number of benzene rings is 1. The third-order valence-electron chi connectivity index (χ3n) is 5.21.